The highest BCUT2D eigenvalue weighted by molar-refractivity contribution is 7.89. The molecule has 1 aromatic rings. The number of sulfonamides is 1. The van der Waals surface area contributed by atoms with Gasteiger partial charge in [-0.1, -0.05) is 0 Å². The molecular formula is C10H14N2O5S. The van der Waals surface area contributed by atoms with E-state index in [0.717, 1.165) is 6.07 Å². The van der Waals surface area contributed by atoms with Crippen LogP contribution in [0.15, 0.2) is 23.1 Å². The Bertz CT molecular complexity index is 541. The van der Waals surface area contributed by atoms with E-state index < -0.39 is 16.0 Å². The molecule has 0 radical (unpaired) electrons. The molecule has 0 heterocycles. The second kappa shape index (κ2) is 5.80. The zero-order valence-electron chi connectivity index (χ0n) is 9.67. The maximum Gasteiger partial charge on any atom is 0.335 e. The number of anilines is 1. The Morgan fingerprint density at radius 3 is 2.56 bits per heavy atom. The van der Waals surface area contributed by atoms with Crippen LogP contribution in [0.25, 0.3) is 0 Å². The fourth-order valence-electron chi connectivity index (χ4n) is 1.32. The summed E-state index contributed by atoms with van der Waals surface area (Å²) in [5, 5.41) is 20.2. The number of hydrogen-bond acceptors (Lipinski definition) is 5. The zero-order chi connectivity index (χ0) is 13.8. The van der Waals surface area contributed by atoms with Crippen LogP contribution >= 0.6 is 0 Å². The molecule has 0 aromatic heterocycles. The first-order valence-corrected chi connectivity index (χ1v) is 6.56. The molecule has 0 aliphatic carbocycles. The second-order valence-electron chi connectivity index (χ2n) is 3.37. The first-order valence-electron chi connectivity index (χ1n) is 5.08. The van der Waals surface area contributed by atoms with Gasteiger partial charge in [-0.2, -0.15) is 0 Å². The van der Waals surface area contributed by atoms with E-state index in [2.05, 4.69) is 10.0 Å². The van der Waals surface area contributed by atoms with E-state index in [0.29, 0.717) is 0 Å². The van der Waals surface area contributed by atoms with Crippen LogP contribution in [0, 0.1) is 0 Å². The standard InChI is InChI=1S/C10H14N2O5S/c1-11-18(16,17)9-6-7(10(14)15)2-3-8(9)12-4-5-13/h2-3,6,11-13H,4-5H2,1H3,(H,14,15). The molecule has 0 aliphatic rings. The van der Waals surface area contributed by atoms with Gasteiger partial charge in [-0.05, 0) is 25.2 Å². The summed E-state index contributed by atoms with van der Waals surface area (Å²) in [6.07, 6.45) is 0. The number of carboxylic acids is 1. The molecule has 100 valence electrons. The lowest BCUT2D eigenvalue weighted by atomic mass is 10.2. The number of rotatable bonds is 6. The SMILES string of the molecule is CNS(=O)(=O)c1cc(C(=O)O)ccc1NCCO. The van der Waals surface area contributed by atoms with Gasteiger partial charge in [0.2, 0.25) is 10.0 Å². The quantitative estimate of drug-likeness (QED) is 0.566. The van der Waals surface area contributed by atoms with Crippen molar-refractivity contribution in [3.8, 4) is 0 Å². The topological polar surface area (TPSA) is 116 Å². The van der Waals surface area contributed by atoms with Crippen molar-refractivity contribution in [2.24, 2.45) is 0 Å². The van der Waals surface area contributed by atoms with E-state index >= 15 is 0 Å². The minimum atomic E-state index is -3.77. The lowest BCUT2D eigenvalue weighted by Gasteiger charge is -2.12. The van der Waals surface area contributed by atoms with Gasteiger partial charge in [0.1, 0.15) is 4.90 Å². The molecule has 0 amide bonds. The van der Waals surface area contributed by atoms with Gasteiger partial charge >= 0.3 is 5.97 Å². The van der Waals surface area contributed by atoms with E-state index in [-0.39, 0.29) is 29.3 Å². The Labute approximate surface area is 105 Å². The molecule has 7 nitrogen and oxygen atoms in total. The molecule has 0 atom stereocenters. The second-order valence-corrected chi connectivity index (χ2v) is 5.23. The first kappa shape index (κ1) is 14.4. The average Bonchev–Trinajstić information content (AvgIpc) is 2.35. The Morgan fingerprint density at radius 1 is 1.39 bits per heavy atom. The summed E-state index contributed by atoms with van der Waals surface area (Å²) in [7, 11) is -2.54. The molecule has 1 aromatic carbocycles. The van der Waals surface area contributed by atoms with Gasteiger partial charge in [-0.15, -0.1) is 0 Å². The van der Waals surface area contributed by atoms with Crippen molar-refractivity contribution in [3.63, 3.8) is 0 Å². The van der Waals surface area contributed by atoms with Gasteiger partial charge < -0.3 is 15.5 Å². The van der Waals surface area contributed by atoms with Crippen LogP contribution in [-0.4, -0.2) is 44.8 Å². The molecule has 8 heteroatoms. The molecule has 0 bridgehead atoms. The van der Waals surface area contributed by atoms with Gasteiger partial charge in [0.15, 0.2) is 0 Å². The highest BCUT2D eigenvalue weighted by atomic mass is 32.2. The van der Waals surface area contributed by atoms with Crippen molar-refractivity contribution >= 4 is 21.7 Å². The lowest BCUT2D eigenvalue weighted by molar-refractivity contribution is 0.0696. The Hall–Kier alpha value is -1.64. The Kier molecular flexibility index (Phi) is 4.65. The van der Waals surface area contributed by atoms with E-state index in [9.17, 15) is 13.2 Å². The maximum absolute atomic E-state index is 11.8. The first-order chi connectivity index (χ1) is 8.42. The van der Waals surface area contributed by atoms with Crippen LogP contribution in [0.4, 0.5) is 5.69 Å². The van der Waals surface area contributed by atoms with E-state index in [1.165, 1.54) is 19.2 Å². The van der Waals surface area contributed by atoms with Crippen LogP contribution in [-0.2, 0) is 10.0 Å². The molecule has 0 saturated heterocycles. The number of aliphatic hydroxyl groups excluding tert-OH is 1. The van der Waals surface area contributed by atoms with Crippen LogP contribution < -0.4 is 10.0 Å². The monoisotopic (exact) mass is 274 g/mol. The molecule has 0 spiro atoms. The fraction of sp³-hybridized carbons (Fsp3) is 0.300. The van der Waals surface area contributed by atoms with E-state index in [1.54, 1.807) is 0 Å². The smallest absolute Gasteiger partial charge is 0.335 e. The van der Waals surface area contributed by atoms with Gasteiger partial charge in [-0.3, -0.25) is 0 Å². The van der Waals surface area contributed by atoms with E-state index in [1.807, 2.05) is 0 Å². The third-order valence-electron chi connectivity index (χ3n) is 2.21. The molecule has 1 rings (SSSR count). The molecule has 0 saturated carbocycles. The molecule has 0 aliphatic heterocycles. The predicted octanol–water partition coefficient (Wildman–Crippen LogP) is -0.303. The van der Waals surface area contributed by atoms with Crippen molar-refractivity contribution in [1.29, 1.82) is 0 Å². The molecule has 0 unspecified atom stereocenters. The van der Waals surface area contributed by atoms with Crippen molar-refractivity contribution in [2.75, 3.05) is 25.5 Å². The number of aromatic carboxylic acids is 1. The summed E-state index contributed by atoms with van der Waals surface area (Å²) in [5.41, 5.74) is 0.113. The number of hydrogen-bond donors (Lipinski definition) is 4. The summed E-state index contributed by atoms with van der Waals surface area (Å²) >= 11 is 0. The number of benzene rings is 1. The van der Waals surface area contributed by atoms with Crippen LogP contribution in [0.1, 0.15) is 10.4 Å². The highest BCUT2D eigenvalue weighted by Crippen LogP contribution is 2.22. The number of carboxylic acid groups (broad SMARTS) is 1. The van der Waals surface area contributed by atoms with Crippen molar-refractivity contribution in [2.45, 2.75) is 4.90 Å². The highest BCUT2D eigenvalue weighted by Gasteiger charge is 2.18. The number of aliphatic hydroxyl groups is 1. The third kappa shape index (κ3) is 3.19. The van der Waals surface area contributed by atoms with Crippen LogP contribution in [0.3, 0.4) is 0 Å². The number of carbonyl (C=O) groups is 1. The summed E-state index contributed by atoms with van der Waals surface area (Å²) in [5.74, 6) is -1.21. The van der Waals surface area contributed by atoms with Gasteiger partial charge in [0, 0.05) is 6.54 Å². The third-order valence-corrected chi connectivity index (χ3v) is 3.67. The maximum atomic E-state index is 11.8. The zero-order valence-corrected chi connectivity index (χ0v) is 10.5. The molecule has 18 heavy (non-hydrogen) atoms. The minimum absolute atomic E-state index is 0.127. The van der Waals surface area contributed by atoms with Gasteiger partial charge in [0.25, 0.3) is 0 Å². The van der Waals surface area contributed by atoms with Crippen molar-refractivity contribution in [3.05, 3.63) is 23.8 Å². The van der Waals surface area contributed by atoms with Gasteiger partial charge in [-0.25, -0.2) is 17.9 Å². The van der Waals surface area contributed by atoms with Crippen LogP contribution in [0.5, 0.6) is 0 Å². The van der Waals surface area contributed by atoms with Crippen LogP contribution in [0.2, 0.25) is 0 Å². The Balaban J connectivity index is 3.31. The average molecular weight is 274 g/mol. The fourth-order valence-corrected chi connectivity index (χ4v) is 2.26. The van der Waals surface area contributed by atoms with Crippen molar-refractivity contribution < 1.29 is 23.4 Å². The summed E-state index contributed by atoms with van der Waals surface area (Å²) in [4.78, 5) is 10.6. The minimum Gasteiger partial charge on any atom is -0.478 e. The Morgan fingerprint density at radius 2 is 2.06 bits per heavy atom. The van der Waals surface area contributed by atoms with E-state index in [4.69, 9.17) is 10.2 Å². The molecule has 4 N–H and O–H groups in total. The molecular weight excluding hydrogens is 260 g/mol. The lowest BCUT2D eigenvalue weighted by Crippen LogP contribution is -2.21. The summed E-state index contributed by atoms with van der Waals surface area (Å²) < 4.78 is 25.6. The summed E-state index contributed by atoms with van der Waals surface area (Å²) in [6, 6.07) is 3.70. The predicted molar refractivity (Wildman–Crippen MR) is 65.2 cm³/mol. The largest absolute Gasteiger partial charge is 0.478 e. The van der Waals surface area contributed by atoms with Crippen molar-refractivity contribution in [1.82, 2.24) is 4.72 Å². The normalized spacial score (nSPS) is 11.2. The molecule has 0 fully saturated rings. The van der Waals surface area contributed by atoms with Gasteiger partial charge in [0.05, 0.1) is 17.9 Å². The summed E-state index contributed by atoms with van der Waals surface area (Å²) in [6.45, 7) is -0.00161. The number of nitrogens with one attached hydrogen (secondary N) is 2.